The van der Waals surface area contributed by atoms with Gasteiger partial charge in [-0.25, -0.2) is 0 Å². The molecule has 1 heterocycles. The fraction of sp³-hybridized carbons (Fsp3) is 0. The van der Waals surface area contributed by atoms with E-state index < -0.39 is 7.12 Å². The molecule has 1 aromatic heterocycles. The highest BCUT2D eigenvalue weighted by Crippen LogP contribution is 2.36. The molecule has 6 rings (SSSR count). The summed E-state index contributed by atoms with van der Waals surface area (Å²) in [4.78, 5) is 0. The summed E-state index contributed by atoms with van der Waals surface area (Å²) in [6.07, 6.45) is 0. The van der Waals surface area contributed by atoms with Crippen LogP contribution in [0, 0.1) is 0 Å². The van der Waals surface area contributed by atoms with Gasteiger partial charge in [-0.15, -0.1) is 0 Å². The number of hydrogen-bond acceptors (Lipinski definition) is 2. The van der Waals surface area contributed by atoms with Crippen molar-refractivity contribution < 1.29 is 10.0 Å². The number of nitrogens with zero attached hydrogens (tertiary/aromatic N) is 1. The summed E-state index contributed by atoms with van der Waals surface area (Å²) >= 11 is 0. The first-order chi connectivity index (χ1) is 14.7. The second-order valence-electron chi connectivity index (χ2n) is 7.70. The van der Waals surface area contributed by atoms with Gasteiger partial charge in [0.1, 0.15) is 0 Å². The zero-order valence-corrected chi connectivity index (χ0v) is 16.2. The van der Waals surface area contributed by atoms with Crippen molar-refractivity contribution in [1.29, 1.82) is 0 Å². The van der Waals surface area contributed by atoms with Crippen LogP contribution in [0.15, 0.2) is 97.1 Å². The van der Waals surface area contributed by atoms with E-state index in [1.54, 1.807) is 6.07 Å². The van der Waals surface area contributed by atoms with Crippen molar-refractivity contribution in [3.05, 3.63) is 97.1 Å². The lowest BCUT2D eigenvalue weighted by atomic mass is 9.79. The van der Waals surface area contributed by atoms with E-state index in [2.05, 4.69) is 71.3 Å². The quantitative estimate of drug-likeness (QED) is 0.421. The molecule has 0 spiro atoms. The normalized spacial score (nSPS) is 11.7. The third-order valence-corrected chi connectivity index (χ3v) is 5.97. The molecule has 0 atom stereocenters. The lowest BCUT2D eigenvalue weighted by Gasteiger charge is -2.10. The molecule has 0 saturated heterocycles. The molecule has 142 valence electrons. The second kappa shape index (κ2) is 6.46. The van der Waals surface area contributed by atoms with Gasteiger partial charge in [0.05, 0.1) is 11.0 Å². The minimum atomic E-state index is -1.50. The van der Waals surface area contributed by atoms with Crippen LogP contribution in [0.25, 0.3) is 49.0 Å². The van der Waals surface area contributed by atoms with E-state index in [1.807, 2.05) is 24.3 Å². The molecule has 0 aliphatic carbocycles. The minimum absolute atomic E-state index is 0.494. The van der Waals surface area contributed by atoms with Crippen molar-refractivity contribution in [2.45, 2.75) is 0 Å². The lowest BCUT2D eigenvalue weighted by Crippen LogP contribution is -2.29. The zero-order chi connectivity index (χ0) is 20.2. The third-order valence-electron chi connectivity index (χ3n) is 5.97. The van der Waals surface area contributed by atoms with Crippen molar-refractivity contribution in [2.75, 3.05) is 0 Å². The van der Waals surface area contributed by atoms with Crippen LogP contribution >= 0.6 is 0 Å². The van der Waals surface area contributed by atoms with E-state index in [1.165, 1.54) is 10.8 Å². The van der Waals surface area contributed by atoms with E-state index in [-0.39, 0.29) is 0 Å². The van der Waals surface area contributed by atoms with Gasteiger partial charge in [0, 0.05) is 16.5 Å². The van der Waals surface area contributed by atoms with Crippen LogP contribution in [0.3, 0.4) is 0 Å². The molecule has 6 aromatic rings. The van der Waals surface area contributed by atoms with Crippen molar-refractivity contribution in [3.63, 3.8) is 0 Å². The Bertz CT molecular complexity index is 1580. The number of rotatable bonds is 2. The molecular formula is C26H18BNO2. The van der Waals surface area contributed by atoms with Gasteiger partial charge >= 0.3 is 7.12 Å². The molecule has 0 aliphatic heterocycles. The molecule has 0 aliphatic rings. The fourth-order valence-corrected chi connectivity index (χ4v) is 4.56. The topological polar surface area (TPSA) is 45.4 Å². The van der Waals surface area contributed by atoms with E-state index in [4.69, 9.17) is 0 Å². The molecule has 0 saturated carbocycles. The van der Waals surface area contributed by atoms with Crippen LogP contribution < -0.4 is 5.46 Å². The lowest BCUT2D eigenvalue weighted by molar-refractivity contribution is 0.426. The van der Waals surface area contributed by atoms with Crippen molar-refractivity contribution in [3.8, 4) is 5.69 Å². The van der Waals surface area contributed by atoms with Gasteiger partial charge < -0.3 is 14.6 Å². The van der Waals surface area contributed by atoms with Crippen LogP contribution in [-0.4, -0.2) is 21.7 Å². The molecule has 0 unspecified atom stereocenters. The highest BCUT2D eigenvalue weighted by atomic mass is 16.4. The third kappa shape index (κ3) is 2.48. The molecule has 4 heteroatoms. The Kier molecular flexibility index (Phi) is 3.72. The summed E-state index contributed by atoms with van der Waals surface area (Å²) in [5.74, 6) is 0. The Morgan fingerprint density at radius 2 is 1.27 bits per heavy atom. The molecule has 0 fully saturated rings. The van der Waals surface area contributed by atoms with E-state index in [0.29, 0.717) is 5.46 Å². The Labute approximate surface area is 173 Å². The first kappa shape index (κ1) is 17.3. The average molecular weight is 387 g/mol. The first-order valence-electron chi connectivity index (χ1n) is 10.0. The molecule has 30 heavy (non-hydrogen) atoms. The zero-order valence-electron chi connectivity index (χ0n) is 16.2. The maximum atomic E-state index is 9.76. The van der Waals surface area contributed by atoms with Crippen molar-refractivity contribution in [1.82, 2.24) is 4.57 Å². The summed E-state index contributed by atoms with van der Waals surface area (Å²) in [6, 6.07) is 33.1. The molecule has 0 bridgehead atoms. The summed E-state index contributed by atoms with van der Waals surface area (Å²) in [7, 11) is -1.50. The Hall–Kier alpha value is -3.60. The SMILES string of the molecule is OB(O)c1ccc2c(c1)c1c3ccccc3ccc1n2-c1ccc2ccccc2c1. The smallest absolute Gasteiger partial charge is 0.423 e. The summed E-state index contributed by atoms with van der Waals surface area (Å²) in [5, 5.41) is 26.4. The second-order valence-corrected chi connectivity index (χ2v) is 7.70. The molecule has 3 nitrogen and oxygen atoms in total. The number of hydrogen-bond donors (Lipinski definition) is 2. The van der Waals surface area contributed by atoms with Crippen LogP contribution in [0.4, 0.5) is 0 Å². The van der Waals surface area contributed by atoms with Crippen molar-refractivity contribution >= 4 is 55.9 Å². The maximum absolute atomic E-state index is 9.76. The summed E-state index contributed by atoms with van der Waals surface area (Å²) in [5.41, 5.74) is 3.72. The van der Waals surface area contributed by atoms with Gasteiger partial charge in [0.25, 0.3) is 0 Å². The average Bonchev–Trinajstić information content (AvgIpc) is 3.12. The Morgan fingerprint density at radius 1 is 0.567 bits per heavy atom. The highest BCUT2D eigenvalue weighted by molar-refractivity contribution is 6.59. The van der Waals surface area contributed by atoms with E-state index in [0.717, 1.165) is 38.3 Å². The monoisotopic (exact) mass is 387 g/mol. The van der Waals surface area contributed by atoms with Crippen molar-refractivity contribution in [2.24, 2.45) is 0 Å². The summed E-state index contributed by atoms with van der Waals surface area (Å²) in [6.45, 7) is 0. The molecule has 2 N–H and O–H groups in total. The van der Waals surface area contributed by atoms with Gasteiger partial charge in [0.2, 0.25) is 0 Å². The van der Waals surface area contributed by atoms with Gasteiger partial charge in [-0.2, -0.15) is 0 Å². The Balaban J connectivity index is 1.79. The van der Waals surface area contributed by atoms with Crippen LogP contribution in [0.1, 0.15) is 0 Å². The van der Waals surface area contributed by atoms with Crippen LogP contribution in [0.5, 0.6) is 0 Å². The number of aromatic nitrogens is 1. The fourth-order valence-electron chi connectivity index (χ4n) is 4.56. The Morgan fingerprint density at radius 3 is 2.10 bits per heavy atom. The van der Waals surface area contributed by atoms with Gasteiger partial charge in [-0.05, 0) is 51.3 Å². The summed E-state index contributed by atoms with van der Waals surface area (Å²) < 4.78 is 2.26. The first-order valence-corrected chi connectivity index (χ1v) is 10.0. The van der Waals surface area contributed by atoms with Crippen LogP contribution in [-0.2, 0) is 0 Å². The largest absolute Gasteiger partial charge is 0.488 e. The van der Waals surface area contributed by atoms with Gasteiger partial charge in [-0.3, -0.25) is 0 Å². The van der Waals surface area contributed by atoms with Crippen LogP contribution in [0.2, 0.25) is 0 Å². The standard InChI is InChI=1S/C26H18BNO2/c29-27(30)20-11-14-24-23(16-20)26-22-8-4-3-6-18(22)10-13-25(26)28(24)21-12-9-17-5-1-2-7-19(17)15-21/h1-16,29-30H. The van der Waals surface area contributed by atoms with Gasteiger partial charge in [0.15, 0.2) is 0 Å². The molecule has 0 amide bonds. The minimum Gasteiger partial charge on any atom is -0.423 e. The van der Waals surface area contributed by atoms with E-state index >= 15 is 0 Å². The maximum Gasteiger partial charge on any atom is 0.488 e. The van der Waals surface area contributed by atoms with Gasteiger partial charge in [-0.1, -0.05) is 72.8 Å². The predicted molar refractivity (Wildman–Crippen MR) is 126 cm³/mol. The molecule has 0 radical (unpaired) electrons. The predicted octanol–water partition coefficient (Wildman–Crippen LogP) is 4.77. The number of fused-ring (bicyclic) bond motifs is 6. The molecule has 5 aromatic carbocycles. The highest BCUT2D eigenvalue weighted by Gasteiger charge is 2.18. The number of benzene rings is 5. The molecular weight excluding hydrogens is 369 g/mol. The van der Waals surface area contributed by atoms with E-state index in [9.17, 15) is 10.0 Å².